The molecule has 0 radical (unpaired) electrons. The molecule has 1 heterocycles. The fraction of sp³-hybridized carbons (Fsp3) is 0.571. The zero-order chi connectivity index (χ0) is 16.3. The Hall–Kier alpha value is -1.42. The molecule has 0 aromatic heterocycles. The van der Waals surface area contributed by atoms with Crippen molar-refractivity contribution in [1.82, 2.24) is 0 Å². The second-order valence-electron chi connectivity index (χ2n) is 5.13. The summed E-state index contributed by atoms with van der Waals surface area (Å²) in [5, 5.41) is 56.9. The maximum atomic E-state index is 9.79. The minimum atomic E-state index is -1.49. The van der Waals surface area contributed by atoms with E-state index in [1.807, 2.05) is 0 Å². The number of aliphatic hydroxyl groups excluding tert-OH is 4. The molecule has 8 nitrogen and oxygen atoms in total. The molecule has 22 heavy (non-hydrogen) atoms. The highest BCUT2D eigenvalue weighted by Gasteiger charge is 2.43. The van der Waals surface area contributed by atoms with Crippen LogP contribution in [0.3, 0.4) is 0 Å². The van der Waals surface area contributed by atoms with Crippen molar-refractivity contribution in [2.24, 2.45) is 0 Å². The van der Waals surface area contributed by atoms with Gasteiger partial charge in [0.2, 0.25) is 0 Å². The summed E-state index contributed by atoms with van der Waals surface area (Å²) in [4.78, 5) is 0. The topological polar surface area (TPSA) is 140 Å². The number of hydrogen-bond donors (Lipinski definition) is 6. The van der Waals surface area contributed by atoms with Gasteiger partial charge in [0.15, 0.2) is 6.29 Å². The molecule has 8 heteroatoms. The molecule has 1 fully saturated rings. The molecular weight excluding hydrogens is 296 g/mol. The molecule has 6 N–H and O–H groups in total. The minimum Gasteiger partial charge on any atom is -0.508 e. The first-order valence-electron chi connectivity index (χ1n) is 6.87. The standard InChI is InChI=1S/C14H20O8/c15-6-10-11(18)12(19)13(20)14(22-10)21-4-3-7-1-2-8(16)5-9(7)17/h1-2,5,10-20H,3-4,6H2/t10-,11-,12+,13-,14?/m1/s1. The SMILES string of the molecule is OC[C@H]1OC(OCCc2ccc(O)cc2O)[C@H](O)[C@@H](O)[C@@H]1O. The Balaban J connectivity index is 1.90. The lowest BCUT2D eigenvalue weighted by Crippen LogP contribution is -2.59. The van der Waals surface area contributed by atoms with Crippen LogP contribution in [0, 0.1) is 0 Å². The number of benzene rings is 1. The molecule has 0 saturated carbocycles. The smallest absolute Gasteiger partial charge is 0.186 e. The summed E-state index contributed by atoms with van der Waals surface area (Å²) >= 11 is 0. The summed E-state index contributed by atoms with van der Waals surface area (Å²) in [6.45, 7) is -0.468. The van der Waals surface area contributed by atoms with Gasteiger partial charge < -0.3 is 40.1 Å². The Kier molecular flexibility index (Phi) is 5.57. The Morgan fingerprint density at radius 3 is 2.41 bits per heavy atom. The zero-order valence-corrected chi connectivity index (χ0v) is 11.7. The van der Waals surface area contributed by atoms with Crippen molar-refractivity contribution in [3.05, 3.63) is 23.8 Å². The van der Waals surface area contributed by atoms with Crippen LogP contribution in [-0.2, 0) is 15.9 Å². The molecule has 124 valence electrons. The predicted octanol–water partition coefficient (Wildman–Crippen LogP) is -1.54. The quantitative estimate of drug-likeness (QED) is 0.384. The van der Waals surface area contributed by atoms with Crippen LogP contribution in [0.2, 0.25) is 0 Å². The van der Waals surface area contributed by atoms with Crippen molar-refractivity contribution in [3.8, 4) is 11.5 Å². The Morgan fingerprint density at radius 1 is 1.05 bits per heavy atom. The van der Waals surface area contributed by atoms with E-state index in [0.29, 0.717) is 5.56 Å². The van der Waals surface area contributed by atoms with Crippen molar-refractivity contribution in [1.29, 1.82) is 0 Å². The van der Waals surface area contributed by atoms with E-state index < -0.39 is 37.3 Å². The Morgan fingerprint density at radius 2 is 1.77 bits per heavy atom. The van der Waals surface area contributed by atoms with Gasteiger partial charge in [-0.15, -0.1) is 0 Å². The number of hydrogen-bond acceptors (Lipinski definition) is 8. The first-order valence-corrected chi connectivity index (χ1v) is 6.87. The lowest BCUT2D eigenvalue weighted by Gasteiger charge is -2.39. The van der Waals surface area contributed by atoms with Gasteiger partial charge in [-0.1, -0.05) is 6.07 Å². The lowest BCUT2D eigenvalue weighted by atomic mass is 9.99. The molecule has 2 rings (SSSR count). The number of rotatable bonds is 5. The highest BCUT2D eigenvalue weighted by molar-refractivity contribution is 5.38. The average Bonchev–Trinajstić information content (AvgIpc) is 2.49. The maximum Gasteiger partial charge on any atom is 0.186 e. The minimum absolute atomic E-state index is 0.0566. The molecule has 1 aromatic carbocycles. The number of phenols is 2. The fourth-order valence-electron chi connectivity index (χ4n) is 2.25. The third kappa shape index (κ3) is 3.67. The monoisotopic (exact) mass is 316 g/mol. The highest BCUT2D eigenvalue weighted by Crippen LogP contribution is 2.24. The molecule has 1 unspecified atom stereocenters. The molecule has 1 saturated heterocycles. The third-order valence-corrected chi connectivity index (χ3v) is 3.57. The van der Waals surface area contributed by atoms with Crippen LogP contribution in [0.15, 0.2) is 18.2 Å². The van der Waals surface area contributed by atoms with Crippen LogP contribution in [0.25, 0.3) is 0 Å². The van der Waals surface area contributed by atoms with Crippen molar-refractivity contribution in [2.45, 2.75) is 37.1 Å². The van der Waals surface area contributed by atoms with Gasteiger partial charge in [0.05, 0.1) is 13.2 Å². The Bertz CT molecular complexity index is 492. The van der Waals surface area contributed by atoms with Gasteiger partial charge in [0.1, 0.15) is 35.9 Å². The van der Waals surface area contributed by atoms with Crippen molar-refractivity contribution >= 4 is 0 Å². The predicted molar refractivity (Wildman–Crippen MR) is 73.2 cm³/mol. The van der Waals surface area contributed by atoms with E-state index >= 15 is 0 Å². The third-order valence-electron chi connectivity index (χ3n) is 3.57. The zero-order valence-electron chi connectivity index (χ0n) is 11.7. The van der Waals surface area contributed by atoms with Gasteiger partial charge in [-0.05, 0) is 18.1 Å². The Labute approximate surface area is 126 Å². The van der Waals surface area contributed by atoms with E-state index in [0.717, 1.165) is 0 Å². The summed E-state index contributed by atoms with van der Waals surface area (Å²) in [6.07, 6.45) is -6.31. The normalized spacial score (nSPS) is 32.1. The van der Waals surface area contributed by atoms with Gasteiger partial charge in [-0.2, -0.15) is 0 Å². The van der Waals surface area contributed by atoms with Gasteiger partial charge in [0.25, 0.3) is 0 Å². The van der Waals surface area contributed by atoms with E-state index in [1.54, 1.807) is 0 Å². The van der Waals surface area contributed by atoms with Crippen LogP contribution in [0.1, 0.15) is 5.56 Å². The summed E-state index contributed by atoms with van der Waals surface area (Å²) < 4.78 is 10.5. The van der Waals surface area contributed by atoms with E-state index in [4.69, 9.17) is 14.6 Å². The first-order chi connectivity index (χ1) is 10.4. The summed E-state index contributed by atoms with van der Waals surface area (Å²) in [7, 11) is 0. The maximum absolute atomic E-state index is 9.79. The molecule has 5 atom stereocenters. The van der Waals surface area contributed by atoms with Crippen molar-refractivity contribution < 1.29 is 40.1 Å². The van der Waals surface area contributed by atoms with E-state index in [9.17, 15) is 25.5 Å². The number of ether oxygens (including phenoxy) is 2. The summed E-state index contributed by atoms with van der Waals surface area (Å²) in [5.74, 6) is -0.145. The molecule has 0 spiro atoms. The molecular formula is C14H20O8. The largest absolute Gasteiger partial charge is 0.508 e. The molecule has 0 aliphatic carbocycles. The van der Waals surface area contributed by atoms with Gasteiger partial charge in [0, 0.05) is 6.07 Å². The van der Waals surface area contributed by atoms with Crippen molar-refractivity contribution in [3.63, 3.8) is 0 Å². The van der Waals surface area contributed by atoms with Crippen LogP contribution >= 0.6 is 0 Å². The van der Waals surface area contributed by atoms with Gasteiger partial charge >= 0.3 is 0 Å². The van der Waals surface area contributed by atoms with E-state index in [2.05, 4.69) is 0 Å². The summed E-state index contributed by atoms with van der Waals surface area (Å²) in [5.41, 5.74) is 0.530. The van der Waals surface area contributed by atoms with E-state index in [1.165, 1.54) is 18.2 Å². The van der Waals surface area contributed by atoms with Gasteiger partial charge in [-0.25, -0.2) is 0 Å². The second-order valence-corrected chi connectivity index (χ2v) is 5.13. The van der Waals surface area contributed by atoms with Gasteiger partial charge in [-0.3, -0.25) is 0 Å². The molecule has 0 amide bonds. The molecule has 1 aliphatic rings. The average molecular weight is 316 g/mol. The second kappa shape index (κ2) is 7.23. The summed E-state index contributed by atoms with van der Waals surface area (Å²) in [6, 6.07) is 4.15. The van der Waals surface area contributed by atoms with E-state index in [-0.39, 0.29) is 24.5 Å². The number of aliphatic hydroxyl groups is 4. The first kappa shape index (κ1) is 16.9. The highest BCUT2D eigenvalue weighted by atomic mass is 16.7. The molecule has 1 aromatic rings. The fourth-order valence-corrected chi connectivity index (χ4v) is 2.25. The molecule has 0 bridgehead atoms. The van der Waals surface area contributed by atoms with Crippen LogP contribution < -0.4 is 0 Å². The van der Waals surface area contributed by atoms with Crippen LogP contribution in [0.5, 0.6) is 11.5 Å². The van der Waals surface area contributed by atoms with Crippen LogP contribution in [0.4, 0.5) is 0 Å². The number of aromatic hydroxyl groups is 2. The van der Waals surface area contributed by atoms with Crippen LogP contribution in [-0.4, -0.2) is 74.6 Å². The van der Waals surface area contributed by atoms with Crippen molar-refractivity contribution in [2.75, 3.05) is 13.2 Å². The number of phenolic OH excluding ortho intramolecular Hbond substituents is 2. The molecule has 1 aliphatic heterocycles. The lowest BCUT2D eigenvalue weighted by molar-refractivity contribution is -0.300.